The molecule has 9 nitrogen and oxygen atoms in total. The van der Waals surface area contributed by atoms with E-state index < -0.39 is 42.6 Å². The van der Waals surface area contributed by atoms with Gasteiger partial charge in [-0.05, 0) is 24.6 Å². The second-order valence-electron chi connectivity index (χ2n) is 8.52. The number of nitrogens with zero attached hydrogens (tertiary/aromatic N) is 1. The van der Waals surface area contributed by atoms with Crippen LogP contribution in [-0.2, 0) is 19.1 Å². The van der Waals surface area contributed by atoms with Crippen LogP contribution in [0.4, 0.5) is 0 Å². The minimum Gasteiger partial charge on any atom is -0.493 e. The number of esters is 2. The fourth-order valence-electron chi connectivity index (χ4n) is 3.64. The van der Waals surface area contributed by atoms with E-state index in [1.54, 1.807) is 13.8 Å². The lowest BCUT2D eigenvalue weighted by atomic mass is 10.0. The molecule has 0 N–H and O–H groups in total. The molecule has 3 rings (SSSR count). The van der Waals surface area contributed by atoms with Crippen LogP contribution in [0, 0.1) is 5.92 Å². The van der Waals surface area contributed by atoms with Crippen molar-refractivity contribution in [3.8, 4) is 17.2 Å². The van der Waals surface area contributed by atoms with Crippen molar-refractivity contribution >= 4 is 17.7 Å². The van der Waals surface area contributed by atoms with Crippen molar-refractivity contribution in [2.45, 2.75) is 39.4 Å². The predicted molar refractivity (Wildman–Crippen MR) is 138 cm³/mol. The van der Waals surface area contributed by atoms with E-state index >= 15 is 0 Å². The maximum atomic E-state index is 13.1. The molecule has 3 aromatic rings. The number of para-hydroxylation sites is 1. The van der Waals surface area contributed by atoms with Crippen LogP contribution in [0.25, 0.3) is 0 Å². The fraction of sp³-hybridized carbons (Fsp3) is 0.310. The second-order valence-corrected chi connectivity index (χ2v) is 8.52. The van der Waals surface area contributed by atoms with Gasteiger partial charge in [-0.1, -0.05) is 55.5 Å². The summed E-state index contributed by atoms with van der Waals surface area (Å²) in [7, 11) is 1.41. The summed E-state index contributed by atoms with van der Waals surface area (Å²) in [4.78, 5) is 41.3. The third-order valence-electron chi connectivity index (χ3n) is 5.57. The molecule has 1 heterocycles. The zero-order valence-corrected chi connectivity index (χ0v) is 21.8. The van der Waals surface area contributed by atoms with Crippen LogP contribution in [0.5, 0.6) is 17.2 Å². The number of Topliss-reactive ketones (excluding diaryl/α,β-unsaturated/α-hetero) is 1. The van der Waals surface area contributed by atoms with Gasteiger partial charge in [0.15, 0.2) is 29.1 Å². The summed E-state index contributed by atoms with van der Waals surface area (Å²) >= 11 is 0. The normalized spacial score (nSPS) is 12.9. The molecule has 0 unspecified atom stereocenters. The Labute approximate surface area is 221 Å². The van der Waals surface area contributed by atoms with Crippen molar-refractivity contribution in [3.63, 3.8) is 0 Å². The Kier molecular flexibility index (Phi) is 10.2. The van der Waals surface area contributed by atoms with Crippen molar-refractivity contribution in [1.82, 2.24) is 4.98 Å². The molecule has 0 saturated heterocycles. The first-order valence-electron chi connectivity index (χ1n) is 12.1. The standard InChI is InChI=1S/C29H31NO8/c1-19(17-24(32)26-28(36-18-35-21(3)31)25(34-4)15-16-30-26)29(33)37-20(2)27(22-11-7-5-8-12-22)38-23-13-9-6-10-14-23/h5-16,19-20,27H,17-18H2,1-4H3/t19-,20+,27-/m1/s1. The summed E-state index contributed by atoms with van der Waals surface area (Å²) in [5.41, 5.74) is 0.800. The molecule has 3 atom stereocenters. The van der Waals surface area contributed by atoms with Crippen molar-refractivity contribution < 1.29 is 38.1 Å². The molecular formula is C29H31NO8. The van der Waals surface area contributed by atoms with Gasteiger partial charge in [0.05, 0.1) is 13.0 Å². The van der Waals surface area contributed by atoms with Gasteiger partial charge in [-0.15, -0.1) is 0 Å². The fourth-order valence-corrected chi connectivity index (χ4v) is 3.64. The Hall–Kier alpha value is -4.40. The Morgan fingerprint density at radius 3 is 2.21 bits per heavy atom. The molecule has 38 heavy (non-hydrogen) atoms. The number of pyridine rings is 1. The Morgan fingerprint density at radius 1 is 0.921 bits per heavy atom. The first-order chi connectivity index (χ1) is 18.3. The monoisotopic (exact) mass is 521 g/mol. The van der Waals surface area contributed by atoms with Gasteiger partial charge in [0.2, 0.25) is 6.79 Å². The molecule has 2 aromatic carbocycles. The van der Waals surface area contributed by atoms with E-state index in [0.29, 0.717) is 5.75 Å². The number of hydrogen-bond donors (Lipinski definition) is 0. The van der Waals surface area contributed by atoms with Crippen LogP contribution in [-0.4, -0.2) is 42.7 Å². The van der Waals surface area contributed by atoms with Crippen LogP contribution < -0.4 is 14.2 Å². The number of ether oxygens (including phenoxy) is 5. The van der Waals surface area contributed by atoms with Crippen LogP contribution in [0.15, 0.2) is 72.9 Å². The number of aromatic nitrogens is 1. The van der Waals surface area contributed by atoms with Crippen LogP contribution in [0.1, 0.15) is 49.3 Å². The lowest BCUT2D eigenvalue weighted by molar-refractivity contribution is -0.157. The SMILES string of the molecule is COc1ccnc(C(=O)C[C@@H](C)C(=O)O[C@@H](C)[C@@H](Oc2ccccc2)c2ccccc2)c1OCOC(C)=O. The molecule has 0 saturated carbocycles. The topological polar surface area (TPSA) is 110 Å². The molecule has 1 aromatic heterocycles. The van der Waals surface area contributed by atoms with Gasteiger partial charge in [0.25, 0.3) is 0 Å². The average Bonchev–Trinajstić information content (AvgIpc) is 2.92. The maximum Gasteiger partial charge on any atom is 0.309 e. The number of methoxy groups -OCH3 is 1. The summed E-state index contributed by atoms with van der Waals surface area (Å²) in [5.74, 6) is -1.45. The molecule has 200 valence electrons. The van der Waals surface area contributed by atoms with Gasteiger partial charge in [0.1, 0.15) is 11.9 Å². The van der Waals surface area contributed by atoms with Gasteiger partial charge in [-0.3, -0.25) is 14.4 Å². The third kappa shape index (κ3) is 7.80. The highest BCUT2D eigenvalue weighted by atomic mass is 16.7. The number of carbonyl (C=O) groups is 3. The van der Waals surface area contributed by atoms with Crippen LogP contribution >= 0.6 is 0 Å². The number of carbonyl (C=O) groups excluding carboxylic acids is 3. The summed E-state index contributed by atoms with van der Waals surface area (Å²) < 4.78 is 27.4. The largest absolute Gasteiger partial charge is 0.493 e. The quantitative estimate of drug-likeness (QED) is 0.175. The van der Waals surface area contributed by atoms with E-state index in [9.17, 15) is 14.4 Å². The molecule has 0 aliphatic heterocycles. The molecule has 0 fully saturated rings. The first-order valence-corrected chi connectivity index (χ1v) is 12.1. The lowest BCUT2D eigenvalue weighted by Gasteiger charge is -2.26. The summed E-state index contributed by atoms with van der Waals surface area (Å²) in [6, 6.07) is 20.2. The summed E-state index contributed by atoms with van der Waals surface area (Å²) in [5, 5.41) is 0. The van der Waals surface area contributed by atoms with Gasteiger partial charge < -0.3 is 23.7 Å². The Balaban J connectivity index is 1.70. The molecule has 0 radical (unpaired) electrons. The first kappa shape index (κ1) is 28.2. The minimum atomic E-state index is -0.785. The molecule has 0 aliphatic carbocycles. The van der Waals surface area contributed by atoms with Crippen molar-refractivity contribution in [2.24, 2.45) is 5.92 Å². The third-order valence-corrected chi connectivity index (χ3v) is 5.57. The van der Waals surface area contributed by atoms with Crippen molar-refractivity contribution in [2.75, 3.05) is 13.9 Å². The highest BCUT2D eigenvalue weighted by molar-refractivity contribution is 5.99. The van der Waals surface area contributed by atoms with Crippen LogP contribution in [0.2, 0.25) is 0 Å². The Bertz CT molecular complexity index is 1220. The van der Waals surface area contributed by atoms with Gasteiger partial charge in [-0.2, -0.15) is 0 Å². The van der Waals surface area contributed by atoms with E-state index in [0.717, 1.165) is 5.56 Å². The average molecular weight is 522 g/mol. The molecule has 0 spiro atoms. The van der Waals surface area contributed by atoms with Gasteiger partial charge >= 0.3 is 11.9 Å². The summed E-state index contributed by atoms with van der Waals surface area (Å²) in [6.07, 6.45) is -0.0150. The van der Waals surface area contributed by atoms with E-state index in [2.05, 4.69) is 4.98 Å². The van der Waals surface area contributed by atoms with Gasteiger partial charge in [0, 0.05) is 25.6 Å². The number of rotatable bonds is 13. The van der Waals surface area contributed by atoms with E-state index in [-0.39, 0.29) is 23.6 Å². The smallest absolute Gasteiger partial charge is 0.309 e. The molecule has 0 bridgehead atoms. The van der Waals surface area contributed by atoms with E-state index in [1.165, 1.54) is 26.3 Å². The molecule has 0 aliphatic rings. The van der Waals surface area contributed by atoms with Crippen molar-refractivity contribution in [3.05, 3.63) is 84.2 Å². The molecule has 0 amide bonds. The Morgan fingerprint density at radius 2 is 1.58 bits per heavy atom. The highest BCUT2D eigenvalue weighted by Crippen LogP contribution is 2.32. The predicted octanol–water partition coefficient (Wildman–Crippen LogP) is 4.95. The van der Waals surface area contributed by atoms with E-state index in [4.69, 9.17) is 23.7 Å². The van der Waals surface area contributed by atoms with Gasteiger partial charge in [-0.25, -0.2) is 4.98 Å². The van der Waals surface area contributed by atoms with Crippen molar-refractivity contribution in [1.29, 1.82) is 0 Å². The molecular weight excluding hydrogens is 490 g/mol. The number of hydrogen-bond acceptors (Lipinski definition) is 9. The number of ketones is 1. The maximum absolute atomic E-state index is 13.1. The highest BCUT2D eigenvalue weighted by Gasteiger charge is 2.29. The van der Waals surface area contributed by atoms with E-state index in [1.807, 2.05) is 60.7 Å². The zero-order chi connectivity index (χ0) is 27.5. The lowest BCUT2D eigenvalue weighted by Crippen LogP contribution is -2.30. The minimum absolute atomic E-state index is 0.0237. The van der Waals surface area contributed by atoms with Crippen LogP contribution in [0.3, 0.4) is 0 Å². The summed E-state index contributed by atoms with van der Waals surface area (Å²) in [6.45, 7) is 4.16. The second kappa shape index (κ2) is 13.8. The zero-order valence-electron chi connectivity index (χ0n) is 21.8. The number of benzene rings is 2. The molecule has 9 heteroatoms.